The number of esters is 2. The third kappa shape index (κ3) is 45.2. The molecule has 0 aliphatic carbocycles. The first-order valence-electron chi connectivity index (χ1n) is 24.3. The smallest absolute Gasteiger partial charge is 0.462 e. The normalized spacial score (nSPS) is 13.7. The van der Waals surface area contributed by atoms with Crippen molar-refractivity contribution in [3.63, 3.8) is 0 Å². The van der Waals surface area contributed by atoms with E-state index < -0.39 is 26.5 Å². The summed E-state index contributed by atoms with van der Waals surface area (Å²) < 4.78 is 32.6. The van der Waals surface area contributed by atoms with Crippen molar-refractivity contribution in [2.45, 2.75) is 219 Å². The minimum atomic E-state index is -4.37. The summed E-state index contributed by atoms with van der Waals surface area (Å²) >= 11 is 0. The molecule has 9 nitrogen and oxygen atoms in total. The van der Waals surface area contributed by atoms with Crippen molar-refractivity contribution in [3.8, 4) is 0 Å². The molecular weight excluding hydrogens is 774 g/mol. The zero-order chi connectivity index (χ0) is 43.9. The summed E-state index contributed by atoms with van der Waals surface area (Å²) in [5.41, 5.74) is 5.34. The van der Waals surface area contributed by atoms with Crippen LogP contribution >= 0.6 is 7.82 Å². The second kappa shape index (κ2) is 46.2. The Hall–Kier alpha value is -2.29. The zero-order valence-corrected chi connectivity index (χ0v) is 39.3. The Morgan fingerprint density at radius 3 is 1.37 bits per heavy atom. The van der Waals surface area contributed by atoms with Gasteiger partial charge in [-0.1, -0.05) is 203 Å². The molecular formula is C50H90NO8P. The second-order valence-electron chi connectivity index (χ2n) is 16.0. The van der Waals surface area contributed by atoms with Crippen molar-refractivity contribution < 1.29 is 37.6 Å². The van der Waals surface area contributed by atoms with Gasteiger partial charge in [0.2, 0.25) is 0 Å². The van der Waals surface area contributed by atoms with Crippen LogP contribution in [-0.4, -0.2) is 49.3 Å². The van der Waals surface area contributed by atoms with Crippen LogP contribution in [0.1, 0.15) is 213 Å². The van der Waals surface area contributed by atoms with Gasteiger partial charge in [-0.25, -0.2) is 4.57 Å². The van der Waals surface area contributed by atoms with Crippen molar-refractivity contribution in [2.24, 2.45) is 5.73 Å². The van der Waals surface area contributed by atoms with Crippen LogP contribution in [0.4, 0.5) is 0 Å². The van der Waals surface area contributed by atoms with E-state index in [0.29, 0.717) is 6.42 Å². The molecule has 2 atom stereocenters. The van der Waals surface area contributed by atoms with Gasteiger partial charge in [-0.05, 0) is 57.8 Å². The molecule has 0 spiro atoms. The molecule has 0 fully saturated rings. The summed E-state index contributed by atoms with van der Waals surface area (Å²) in [7, 11) is -4.37. The molecule has 0 rings (SSSR count). The van der Waals surface area contributed by atoms with Gasteiger partial charge < -0.3 is 20.1 Å². The quantitative estimate of drug-likeness (QED) is 0.0265. The molecule has 10 heteroatoms. The monoisotopic (exact) mass is 864 g/mol. The van der Waals surface area contributed by atoms with Crippen LogP contribution in [0, 0.1) is 0 Å². The van der Waals surface area contributed by atoms with Gasteiger partial charge in [-0.2, -0.15) is 0 Å². The highest BCUT2D eigenvalue weighted by molar-refractivity contribution is 7.47. The number of unbranched alkanes of at least 4 members (excludes halogenated alkanes) is 22. The number of carbonyl (C=O) groups excluding carboxylic acids is 2. The fourth-order valence-corrected chi connectivity index (χ4v) is 7.37. The maximum absolute atomic E-state index is 12.6. The van der Waals surface area contributed by atoms with Crippen molar-refractivity contribution in [3.05, 3.63) is 60.8 Å². The first kappa shape index (κ1) is 57.7. The Kier molecular flexibility index (Phi) is 44.5. The lowest BCUT2D eigenvalue weighted by atomic mass is 10.0. The predicted octanol–water partition coefficient (Wildman–Crippen LogP) is 14.4. The standard InChI is InChI=1S/C50H90NO8P/c1-3-5-7-9-11-12-13-14-15-16-17-18-19-20-21-22-23-24-25-26-27-28-29-30-31-32-33-34-35-36-37-39-41-43-50(53)59-48(47-58-60(54,55)57-45-44-51)46-56-49(52)42-40-38-10-8-6-4-2/h5,7,11-12,14-15,17-18,20-21,48H,3-4,6,8-10,13,16,19,22-47,51H2,1-2H3,(H,54,55)/b7-5-,12-11-,15-14-,18-17-,21-20-. The minimum Gasteiger partial charge on any atom is -0.462 e. The van der Waals surface area contributed by atoms with Gasteiger partial charge >= 0.3 is 19.8 Å². The second-order valence-corrected chi connectivity index (χ2v) is 17.4. The molecule has 60 heavy (non-hydrogen) atoms. The fourth-order valence-electron chi connectivity index (χ4n) is 6.60. The summed E-state index contributed by atoms with van der Waals surface area (Å²) in [5.74, 6) is -0.835. The van der Waals surface area contributed by atoms with Gasteiger partial charge in [0, 0.05) is 19.4 Å². The maximum atomic E-state index is 12.6. The third-order valence-corrected chi connectivity index (χ3v) is 11.2. The number of hydrogen-bond donors (Lipinski definition) is 2. The van der Waals surface area contributed by atoms with Crippen LogP contribution in [0.5, 0.6) is 0 Å². The number of allylic oxidation sites excluding steroid dienone is 10. The molecule has 3 N–H and O–H groups in total. The van der Waals surface area contributed by atoms with E-state index in [1.165, 1.54) is 103 Å². The Bertz CT molecular complexity index is 1170. The average Bonchev–Trinajstić information content (AvgIpc) is 3.24. The Morgan fingerprint density at radius 2 is 0.917 bits per heavy atom. The summed E-state index contributed by atoms with van der Waals surface area (Å²) in [6.45, 7) is 3.55. The summed E-state index contributed by atoms with van der Waals surface area (Å²) in [6, 6.07) is 0. The molecule has 0 bridgehead atoms. The van der Waals surface area contributed by atoms with Crippen LogP contribution in [0.15, 0.2) is 60.8 Å². The molecule has 2 unspecified atom stereocenters. The van der Waals surface area contributed by atoms with Crippen molar-refractivity contribution >= 4 is 19.8 Å². The molecule has 0 aliphatic heterocycles. The van der Waals surface area contributed by atoms with Crippen molar-refractivity contribution in [1.82, 2.24) is 0 Å². The fraction of sp³-hybridized carbons (Fsp3) is 0.760. The molecule has 348 valence electrons. The van der Waals surface area contributed by atoms with Crippen LogP contribution in [0.2, 0.25) is 0 Å². The lowest BCUT2D eigenvalue weighted by Gasteiger charge is -2.19. The Morgan fingerprint density at radius 1 is 0.517 bits per heavy atom. The largest absolute Gasteiger partial charge is 0.472 e. The third-order valence-electron chi connectivity index (χ3n) is 10.2. The zero-order valence-electron chi connectivity index (χ0n) is 38.4. The summed E-state index contributed by atoms with van der Waals surface area (Å²) in [6.07, 6.45) is 56.0. The molecule has 0 aromatic carbocycles. The highest BCUT2D eigenvalue weighted by Gasteiger charge is 2.26. The predicted molar refractivity (Wildman–Crippen MR) is 252 cm³/mol. The molecule has 0 heterocycles. The van der Waals surface area contributed by atoms with Crippen LogP contribution in [0.25, 0.3) is 0 Å². The first-order chi connectivity index (χ1) is 29.3. The van der Waals surface area contributed by atoms with E-state index >= 15 is 0 Å². The van der Waals surface area contributed by atoms with Crippen molar-refractivity contribution in [2.75, 3.05) is 26.4 Å². The van der Waals surface area contributed by atoms with Crippen LogP contribution in [0.3, 0.4) is 0 Å². The molecule has 0 aromatic heterocycles. The lowest BCUT2D eigenvalue weighted by molar-refractivity contribution is -0.161. The highest BCUT2D eigenvalue weighted by Crippen LogP contribution is 2.43. The first-order valence-corrected chi connectivity index (χ1v) is 25.8. The Labute approximate surface area is 368 Å². The summed E-state index contributed by atoms with van der Waals surface area (Å²) in [5, 5.41) is 0. The maximum Gasteiger partial charge on any atom is 0.472 e. The number of hydrogen-bond acceptors (Lipinski definition) is 8. The van der Waals surface area contributed by atoms with Gasteiger partial charge in [0.1, 0.15) is 6.61 Å². The number of phosphoric acid groups is 1. The van der Waals surface area contributed by atoms with E-state index in [0.717, 1.165) is 77.0 Å². The summed E-state index contributed by atoms with van der Waals surface area (Å²) in [4.78, 5) is 34.6. The molecule has 0 aromatic rings. The van der Waals surface area contributed by atoms with E-state index in [-0.39, 0.29) is 38.6 Å². The van der Waals surface area contributed by atoms with Crippen LogP contribution in [-0.2, 0) is 32.7 Å². The van der Waals surface area contributed by atoms with Gasteiger partial charge in [0.15, 0.2) is 6.10 Å². The minimum absolute atomic E-state index is 0.0535. The highest BCUT2D eigenvalue weighted by atomic mass is 31.2. The number of phosphoric ester groups is 1. The van der Waals surface area contributed by atoms with E-state index in [9.17, 15) is 19.0 Å². The van der Waals surface area contributed by atoms with Crippen LogP contribution < -0.4 is 5.73 Å². The van der Waals surface area contributed by atoms with E-state index in [4.69, 9.17) is 24.3 Å². The number of rotatable bonds is 45. The number of ether oxygens (including phenoxy) is 2. The van der Waals surface area contributed by atoms with Gasteiger partial charge in [0.05, 0.1) is 13.2 Å². The average molecular weight is 864 g/mol. The van der Waals surface area contributed by atoms with Gasteiger partial charge in [-0.15, -0.1) is 0 Å². The molecule has 0 saturated heterocycles. The topological polar surface area (TPSA) is 134 Å². The Balaban J connectivity index is 3.79. The van der Waals surface area contributed by atoms with Crippen molar-refractivity contribution in [1.29, 1.82) is 0 Å². The lowest BCUT2D eigenvalue weighted by Crippen LogP contribution is -2.29. The molecule has 0 aliphatic rings. The number of carbonyl (C=O) groups is 2. The SMILES string of the molecule is CC/C=C\C/C=C\C/C=C\C/C=C\C/C=C\CCCCCCCCCCCCCCCCCCCC(=O)OC(COC(=O)CCCCCCCC)COP(=O)(O)OCCN. The number of nitrogens with two attached hydrogens (primary N) is 1. The molecule has 0 amide bonds. The molecule has 0 radical (unpaired) electrons. The van der Waals surface area contributed by atoms with Gasteiger partial charge in [0.25, 0.3) is 0 Å². The van der Waals surface area contributed by atoms with E-state index in [2.05, 4.69) is 74.6 Å². The van der Waals surface area contributed by atoms with Gasteiger partial charge in [-0.3, -0.25) is 18.6 Å². The van der Waals surface area contributed by atoms with E-state index in [1.807, 2.05) is 0 Å². The molecule has 0 saturated carbocycles. The van der Waals surface area contributed by atoms with E-state index in [1.54, 1.807) is 0 Å².